The van der Waals surface area contributed by atoms with E-state index in [1.54, 1.807) is 18.2 Å². The lowest BCUT2D eigenvalue weighted by Gasteiger charge is -2.41. The van der Waals surface area contributed by atoms with Gasteiger partial charge >= 0.3 is 0 Å². The van der Waals surface area contributed by atoms with E-state index < -0.39 is 10.9 Å². The summed E-state index contributed by atoms with van der Waals surface area (Å²) < 4.78 is 12.5. The molecule has 1 saturated heterocycles. The van der Waals surface area contributed by atoms with Gasteiger partial charge in [0.05, 0.1) is 35.5 Å². The minimum Gasteiger partial charge on any atom is -0.505 e. The number of anilines is 2. The summed E-state index contributed by atoms with van der Waals surface area (Å²) in [6, 6.07) is 10.2. The van der Waals surface area contributed by atoms with Crippen molar-refractivity contribution in [3.05, 3.63) is 68.4 Å². The van der Waals surface area contributed by atoms with E-state index in [9.17, 15) is 14.7 Å². The Kier molecular flexibility index (Phi) is 6.90. The van der Waals surface area contributed by atoms with Gasteiger partial charge in [0.25, 0.3) is 0 Å². The molecule has 9 heteroatoms. The summed E-state index contributed by atoms with van der Waals surface area (Å²) >= 11 is 1.37. The Morgan fingerprint density at radius 2 is 1.90 bits per heavy atom. The molecule has 4 rings (SSSR count). The third-order valence-electron chi connectivity index (χ3n) is 4.98. The molecule has 1 aliphatic heterocycles. The van der Waals surface area contributed by atoms with Gasteiger partial charge in [0.15, 0.2) is 5.75 Å². The van der Waals surface area contributed by atoms with Crippen molar-refractivity contribution in [2.75, 3.05) is 32.6 Å². The summed E-state index contributed by atoms with van der Waals surface area (Å²) in [5, 5.41) is 12.8. The van der Waals surface area contributed by atoms with Crippen LogP contribution in [-0.2, 0) is 4.74 Å². The van der Waals surface area contributed by atoms with Crippen LogP contribution in [0.3, 0.4) is 0 Å². The highest BCUT2D eigenvalue weighted by Gasteiger charge is 2.41. The zero-order valence-electron chi connectivity index (χ0n) is 18.0. The number of nitrogens with one attached hydrogen (secondary N) is 1. The molecule has 8 nitrogen and oxygen atoms in total. The van der Waals surface area contributed by atoms with Crippen molar-refractivity contribution in [2.45, 2.75) is 24.8 Å². The van der Waals surface area contributed by atoms with E-state index >= 15 is 0 Å². The van der Waals surface area contributed by atoms with Gasteiger partial charge in [-0.2, -0.15) is 0 Å². The molecule has 0 bridgehead atoms. The molecule has 3 aromatic rings. The van der Waals surface area contributed by atoms with Crippen LogP contribution in [0.4, 0.5) is 11.4 Å². The maximum atomic E-state index is 11.2. The third-order valence-corrected chi connectivity index (χ3v) is 5.87. The first-order chi connectivity index (χ1) is 14.6. The van der Waals surface area contributed by atoms with Gasteiger partial charge in [-0.1, -0.05) is 13.0 Å². The maximum Gasteiger partial charge on any atom is 0.249 e. The maximum absolute atomic E-state index is 11.2. The number of hydrogen-bond donors (Lipinski definition) is 3. The molecule has 0 spiro atoms. The fourth-order valence-corrected chi connectivity index (χ4v) is 3.75. The van der Waals surface area contributed by atoms with Crippen molar-refractivity contribution in [3.8, 4) is 5.75 Å². The van der Waals surface area contributed by atoms with Gasteiger partial charge in [-0.25, -0.2) is 0 Å². The Labute approximate surface area is 184 Å². The summed E-state index contributed by atoms with van der Waals surface area (Å²) in [6.45, 7) is 5.51. The summed E-state index contributed by atoms with van der Waals surface area (Å²) in [4.78, 5) is 22.6. The average molecular weight is 446 g/mol. The van der Waals surface area contributed by atoms with Gasteiger partial charge in [0, 0.05) is 11.5 Å². The lowest BCUT2D eigenvalue weighted by Crippen LogP contribution is -2.47. The molecular formula is C22H27N3O5S. The van der Waals surface area contributed by atoms with Crippen molar-refractivity contribution in [3.63, 3.8) is 0 Å². The lowest BCUT2D eigenvalue weighted by molar-refractivity contribution is -0.118. The minimum absolute atomic E-state index is 0.0463. The van der Waals surface area contributed by atoms with Gasteiger partial charge < -0.3 is 25.3 Å². The second-order valence-corrected chi connectivity index (χ2v) is 9.36. The molecule has 0 aliphatic carbocycles. The fourth-order valence-electron chi connectivity index (χ4n) is 3.02. The van der Waals surface area contributed by atoms with Crippen LogP contribution in [0.2, 0.25) is 0 Å². The number of rotatable bonds is 6. The smallest absolute Gasteiger partial charge is 0.249 e. The number of furan rings is 1. The molecule has 31 heavy (non-hydrogen) atoms. The molecule has 1 aliphatic rings. The highest BCUT2D eigenvalue weighted by atomic mass is 32.2. The van der Waals surface area contributed by atoms with Crippen LogP contribution in [-0.4, -0.2) is 36.7 Å². The normalized spacial score (nSPS) is 15.8. The Morgan fingerprint density at radius 1 is 1.19 bits per heavy atom. The van der Waals surface area contributed by atoms with E-state index in [1.807, 2.05) is 37.5 Å². The molecule has 1 atom stereocenters. The van der Waals surface area contributed by atoms with Crippen LogP contribution in [0, 0.1) is 12.3 Å². The summed E-state index contributed by atoms with van der Waals surface area (Å²) in [5.74, 6) is 1.84. The third kappa shape index (κ3) is 5.19. The van der Waals surface area contributed by atoms with Crippen LogP contribution in [0.15, 0.2) is 55.3 Å². The number of aryl methyl sites for hydroxylation is 1. The number of ether oxygens (including phenoxy) is 1. The number of para-hydroxylation sites is 1. The van der Waals surface area contributed by atoms with Gasteiger partial charge in [-0.3, -0.25) is 13.9 Å². The van der Waals surface area contributed by atoms with Gasteiger partial charge in [0.2, 0.25) is 10.9 Å². The predicted octanol–water partition coefficient (Wildman–Crippen LogP) is 2.92. The largest absolute Gasteiger partial charge is 0.505 e. The monoisotopic (exact) mass is 445 g/mol. The van der Waals surface area contributed by atoms with E-state index in [0.29, 0.717) is 10.6 Å². The molecule has 1 fully saturated rings. The summed E-state index contributed by atoms with van der Waals surface area (Å²) in [5.41, 5.74) is 5.68. The van der Waals surface area contributed by atoms with E-state index in [2.05, 4.69) is 12.2 Å². The molecule has 0 saturated carbocycles. The molecule has 0 radical (unpaired) electrons. The summed E-state index contributed by atoms with van der Waals surface area (Å²) in [7, 11) is 3.72. The first-order valence-corrected chi connectivity index (χ1v) is 10.5. The van der Waals surface area contributed by atoms with E-state index in [-0.39, 0.29) is 22.9 Å². The first-order valence-electron chi connectivity index (χ1n) is 9.75. The van der Waals surface area contributed by atoms with Crippen molar-refractivity contribution in [1.82, 2.24) is 4.31 Å². The quantitative estimate of drug-likeness (QED) is 0.299. The number of phenols is 1. The van der Waals surface area contributed by atoms with Crippen LogP contribution >= 0.6 is 11.9 Å². The van der Waals surface area contributed by atoms with E-state index in [0.717, 1.165) is 24.7 Å². The van der Waals surface area contributed by atoms with Gasteiger partial charge in [0.1, 0.15) is 11.5 Å². The van der Waals surface area contributed by atoms with Gasteiger partial charge in [-0.05, 0) is 57.2 Å². The number of phenolic OH excluding ortho intramolecular Hbond substituents is 1. The molecule has 0 amide bonds. The van der Waals surface area contributed by atoms with Crippen molar-refractivity contribution in [2.24, 2.45) is 11.1 Å². The Bertz CT molecular complexity index is 1110. The number of hydrogen-bond acceptors (Lipinski definition) is 9. The minimum atomic E-state index is -0.555. The number of nitrogens with zero attached hydrogens (tertiary/aromatic N) is 1. The van der Waals surface area contributed by atoms with E-state index in [4.69, 9.17) is 14.9 Å². The van der Waals surface area contributed by atoms with Crippen molar-refractivity contribution >= 4 is 23.3 Å². The average Bonchev–Trinajstić information content (AvgIpc) is 3.14. The van der Waals surface area contributed by atoms with E-state index in [1.165, 1.54) is 18.0 Å². The number of nitrogens with two attached hydrogens (primary N) is 1. The highest BCUT2D eigenvalue weighted by molar-refractivity contribution is 7.97. The topological polar surface area (TPSA) is 118 Å². The Balaban J connectivity index is 0.000000185. The zero-order valence-corrected chi connectivity index (χ0v) is 18.8. The highest BCUT2D eigenvalue weighted by Crippen LogP contribution is 2.39. The second-order valence-electron chi connectivity index (χ2n) is 8.01. The molecule has 166 valence electrons. The molecule has 2 aromatic carbocycles. The standard InChI is InChI=1S/C12H12N2O3S.C10H15NO2/c1-14(2)18-10-5-3-4-7(12(10)17)13-8-6-9(15)11(8)16;1-7-3-4-8(13-7)9(11)10(2)5-12-6-10/h3-6,13,17H,1-2H3;3-4,9H,5-6,11H2,1-2H3. The number of benzene rings is 1. The Morgan fingerprint density at radius 3 is 2.39 bits per heavy atom. The van der Waals surface area contributed by atoms with Crippen LogP contribution in [0.1, 0.15) is 24.5 Å². The zero-order chi connectivity index (χ0) is 22.8. The predicted molar refractivity (Wildman–Crippen MR) is 122 cm³/mol. The molecule has 1 aromatic heterocycles. The second kappa shape index (κ2) is 9.27. The van der Waals surface area contributed by atoms with Crippen LogP contribution in [0.25, 0.3) is 0 Å². The molecule has 2 heterocycles. The molecular weight excluding hydrogens is 418 g/mol. The first kappa shape index (κ1) is 23.1. The molecule has 4 N–H and O–H groups in total. The molecule has 1 unspecified atom stereocenters. The fraction of sp³-hybridized carbons (Fsp3) is 0.364. The lowest BCUT2D eigenvalue weighted by atomic mass is 9.80. The van der Waals surface area contributed by atoms with Crippen molar-refractivity contribution < 1.29 is 14.3 Å². The summed E-state index contributed by atoms with van der Waals surface area (Å²) in [6.07, 6.45) is 0. The van der Waals surface area contributed by atoms with Crippen LogP contribution < -0.4 is 21.9 Å². The van der Waals surface area contributed by atoms with Crippen molar-refractivity contribution in [1.29, 1.82) is 0 Å². The van der Waals surface area contributed by atoms with Gasteiger partial charge in [-0.15, -0.1) is 0 Å². The Hall–Kier alpha value is -2.59. The SMILES string of the molecule is CN(C)Sc1cccc(Nc2cc(=O)c2=O)c1O.Cc1ccc(C(N)C2(C)COC2)o1. The number of aromatic hydroxyl groups is 1. The van der Waals surface area contributed by atoms with Crippen LogP contribution in [0.5, 0.6) is 5.75 Å².